The van der Waals surface area contributed by atoms with E-state index in [0.29, 0.717) is 17.1 Å². The highest BCUT2D eigenvalue weighted by Crippen LogP contribution is 2.32. The monoisotopic (exact) mass is 411 g/mol. The lowest BCUT2D eigenvalue weighted by atomic mass is 10.1. The van der Waals surface area contributed by atoms with E-state index in [0.717, 1.165) is 10.5 Å². The summed E-state index contributed by atoms with van der Waals surface area (Å²) >= 11 is 0. The van der Waals surface area contributed by atoms with E-state index in [-0.39, 0.29) is 22.6 Å². The molecule has 0 aliphatic carbocycles. The SMILES string of the molecule is O=C(O)c1ccc2c(c1)C(=O)N(c1cccc(-c3nnc(-c4ccccc4)o3)c1)C2=O. The molecule has 0 unspecified atom stereocenters. The van der Waals surface area contributed by atoms with Gasteiger partial charge in [0, 0.05) is 11.1 Å². The minimum absolute atomic E-state index is 0.0551. The summed E-state index contributed by atoms with van der Waals surface area (Å²) in [6, 6.07) is 19.8. The van der Waals surface area contributed by atoms with Crippen LogP contribution < -0.4 is 4.90 Å². The summed E-state index contributed by atoms with van der Waals surface area (Å²) in [4.78, 5) is 37.9. The normalized spacial score (nSPS) is 12.8. The lowest BCUT2D eigenvalue weighted by Crippen LogP contribution is -2.29. The molecule has 0 radical (unpaired) electrons. The number of fused-ring (bicyclic) bond motifs is 1. The quantitative estimate of drug-likeness (QED) is 0.507. The molecule has 3 aromatic carbocycles. The number of carboxylic acids is 1. The molecule has 150 valence electrons. The van der Waals surface area contributed by atoms with Crippen LogP contribution in [0.3, 0.4) is 0 Å². The zero-order chi connectivity index (χ0) is 21.5. The first-order chi connectivity index (χ1) is 15.0. The van der Waals surface area contributed by atoms with Crippen molar-refractivity contribution in [2.45, 2.75) is 0 Å². The van der Waals surface area contributed by atoms with Crippen molar-refractivity contribution in [3.8, 4) is 22.9 Å². The number of carboxylic acid groups (broad SMARTS) is 1. The molecule has 31 heavy (non-hydrogen) atoms. The van der Waals surface area contributed by atoms with E-state index in [1.54, 1.807) is 24.3 Å². The van der Waals surface area contributed by atoms with Crippen molar-refractivity contribution < 1.29 is 23.9 Å². The molecule has 1 aliphatic rings. The predicted molar refractivity (Wildman–Crippen MR) is 110 cm³/mol. The van der Waals surface area contributed by atoms with Gasteiger partial charge in [0.2, 0.25) is 11.8 Å². The summed E-state index contributed by atoms with van der Waals surface area (Å²) in [6.07, 6.45) is 0. The third-order valence-corrected chi connectivity index (χ3v) is 4.93. The van der Waals surface area contributed by atoms with Crippen LogP contribution in [0, 0.1) is 0 Å². The Morgan fingerprint density at radius 2 is 1.45 bits per heavy atom. The fourth-order valence-corrected chi connectivity index (χ4v) is 3.42. The van der Waals surface area contributed by atoms with E-state index in [2.05, 4.69) is 10.2 Å². The van der Waals surface area contributed by atoms with E-state index in [1.165, 1.54) is 18.2 Å². The number of hydrogen-bond donors (Lipinski definition) is 1. The average molecular weight is 411 g/mol. The minimum Gasteiger partial charge on any atom is -0.478 e. The molecule has 0 fully saturated rings. The van der Waals surface area contributed by atoms with Crippen LogP contribution in [0.2, 0.25) is 0 Å². The van der Waals surface area contributed by atoms with E-state index in [1.807, 2.05) is 30.3 Å². The number of benzene rings is 3. The summed E-state index contributed by atoms with van der Waals surface area (Å²) < 4.78 is 5.76. The van der Waals surface area contributed by atoms with Gasteiger partial charge in [0.15, 0.2) is 0 Å². The van der Waals surface area contributed by atoms with Gasteiger partial charge in [-0.3, -0.25) is 9.59 Å². The number of carbonyl (C=O) groups is 3. The second-order valence-corrected chi connectivity index (χ2v) is 6.84. The Morgan fingerprint density at radius 3 is 2.19 bits per heavy atom. The maximum absolute atomic E-state index is 12.9. The smallest absolute Gasteiger partial charge is 0.335 e. The van der Waals surface area contributed by atoms with E-state index < -0.39 is 17.8 Å². The van der Waals surface area contributed by atoms with Gasteiger partial charge in [-0.1, -0.05) is 24.3 Å². The molecule has 0 atom stereocenters. The van der Waals surface area contributed by atoms with Gasteiger partial charge in [0.25, 0.3) is 11.8 Å². The molecular weight excluding hydrogens is 398 g/mol. The molecule has 1 aliphatic heterocycles. The van der Waals surface area contributed by atoms with Crippen LogP contribution in [-0.4, -0.2) is 33.1 Å². The van der Waals surface area contributed by atoms with E-state index in [4.69, 9.17) is 9.52 Å². The van der Waals surface area contributed by atoms with Crippen LogP contribution >= 0.6 is 0 Å². The van der Waals surface area contributed by atoms with Crippen LogP contribution in [0.1, 0.15) is 31.1 Å². The van der Waals surface area contributed by atoms with Crippen molar-refractivity contribution in [3.05, 3.63) is 89.5 Å². The number of anilines is 1. The van der Waals surface area contributed by atoms with Gasteiger partial charge in [-0.15, -0.1) is 10.2 Å². The molecule has 0 bridgehead atoms. The Labute approximate surface area is 175 Å². The number of carbonyl (C=O) groups excluding carboxylic acids is 2. The first-order valence-corrected chi connectivity index (χ1v) is 9.28. The molecule has 8 nitrogen and oxygen atoms in total. The Balaban J connectivity index is 1.50. The molecule has 1 N–H and O–H groups in total. The predicted octanol–water partition coefficient (Wildman–Crippen LogP) is 3.90. The average Bonchev–Trinajstić information content (AvgIpc) is 3.38. The molecule has 2 heterocycles. The minimum atomic E-state index is -1.17. The van der Waals surface area contributed by atoms with Crippen molar-refractivity contribution in [1.29, 1.82) is 0 Å². The Bertz CT molecular complexity index is 1360. The van der Waals surface area contributed by atoms with Crippen LogP contribution in [0.5, 0.6) is 0 Å². The third-order valence-electron chi connectivity index (χ3n) is 4.93. The van der Waals surface area contributed by atoms with Crippen molar-refractivity contribution in [2.24, 2.45) is 0 Å². The van der Waals surface area contributed by atoms with Gasteiger partial charge in [0.05, 0.1) is 22.4 Å². The summed E-state index contributed by atoms with van der Waals surface area (Å²) in [6.45, 7) is 0. The standard InChI is InChI=1S/C23H13N3O5/c27-21-17-10-9-15(23(29)30)12-18(17)22(28)26(21)16-8-4-7-14(11-16)20-25-24-19(31-20)13-5-2-1-3-6-13/h1-12H,(H,29,30). The molecule has 1 aromatic heterocycles. The van der Waals surface area contributed by atoms with Crippen molar-refractivity contribution in [1.82, 2.24) is 10.2 Å². The summed E-state index contributed by atoms with van der Waals surface area (Å²) in [7, 11) is 0. The summed E-state index contributed by atoms with van der Waals surface area (Å²) in [5, 5.41) is 17.3. The van der Waals surface area contributed by atoms with E-state index in [9.17, 15) is 14.4 Å². The molecule has 0 saturated heterocycles. The summed E-state index contributed by atoms with van der Waals surface area (Å²) in [5.41, 5.74) is 1.78. The number of aromatic carboxylic acids is 1. The van der Waals surface area contributed by atoms with Crippen molar-refractivity contribution in [3.63, 3.8) is 0 Å². The molecular formula is C23H13N3O5. The summed E-state index contributed by atoms with van der Waals surface area (Å²) in [5.74, 6) is -1.69. The van der Waals surface area contributed by atoms with Crippen LogP contribution in [-0.2, 0) is 0 Å². The molecule has 4 aromatic rings. The van der Waals surface area contributed by atoms with E-state index >= 15 is 0 Å². The first kappa shape index (κ1) is 18.4. The Kier molecular flexibility index (Phi) is 4.18. The maximum Gasteiger partial charge on any atom is 0.335 e. The number of aromatic nitrogens is 2. The second-order valence-electron chi connectivity index (χ2n) is 6.84. The topological polar surface area (TPSA) is 114 Å². The third kappa shape index (κ3) is 3.06. The number of nitrogens with zero attached hydrogens (tertiary/aromatic N) is 3. The molecule has 5 rings (SSSR count). The zero-order valence-corrected chi connectivity index (χ0v) is 15.9. The fraction of sp³-hybridized carbons (Fsp3) is 0. The Hall–Kier alpha value is -4.59. The molecule has 0 spiro atoms. The first-order valence-electron chi connectivity index (χ1n) is 9.28. The second kappa shape index (κ2) is 7.03. The van der Waals surface area contributed by atoms with Crippen molar-refractivity contribution >= 4 is 23.5 Å². The molecule has 0 saturated carbocycles. The highest BCUT2D eigenvalue weighted by atomic mass is 16.4. The number of imide groups is 1. The number of rotatable bonds is 4. The van der Waals surface area contributed by atoms with Gasteiger partial charge in [0.1, 0.15) is 0 Å². The van der Waals surface area contributed by atoms with Gasteiger partial charge >= 0.3 is 5.97 Å². The van der Waals surface area contributed by atoms with Gasteiger partial charge in [-0.25, -0.2) is 9.69 Å². The number of amides is 2. The number of hydrogen-bond acceptors (Lipinski definition) is 6. The highest BCUT2D eigenvalue weighted by molar-refractivity contribution is 6.34. The lowest BCUT2D eigenvalue weighted by Gasteiger charge is -2.14. The van der Waals surface area contributed by atoms with Crippen LogP contribution in [0.25, 0.3) is 22.9 Å². The molecule has 2 amide bonds. The van der Waals surface area contributed by atoms with Gasteiger partial charge in [-0.05, 0) is 48.5 Å². The van der Waals surface area contributed by atoms with Gasteiger partial charge < -0.3 is 9.52 Å². The Morgan fingerprint density at radius 1 is 0.774 bits per heavy atom. The van der Waals surface area contributed by atoms with Crippen LogP contribution in [0.15, 0.2) is 77.2 Å². The fourth-order valence-electron chi connectivity index (χ4n) is 3.42. The molecule has 8 heteroatoms. The maximum atomic E-state index is 12.9. The largest absolute Gasteiger partial charge is 0.478 e. The lowest BCUT2D eigenvalue weighted by molar-refractivity contribution is 0.0696. The van der Waals surface area contributed by atoms with Crippen molar-refractivity contribution in [2.75, 3.05) is 4.90 Å². The highest BCUT2D eigenvalue weighted by Gasteiger charge is 2.37. The van der Waals surface area contributed by atoms with Crippen LogP contribution in [0.4, 0.5) is 5.69 Å². The van der Waals surface area contributed by atoms with Gasteiger partial charge in [-0.2, -0.15) is 0 Å². The zero-order valence-electron chi connectivity index (χ0n) is 15.9.